The molecule has 5 nitrogen and oxygen atoms in total. The highest BCUT2D eigenvalue weighted by atomic mass is 16.5. The Morgan fingerprint density at radius 1 is 1.15 bits per heavy atom. The lowest BCUT2D eigenvalue weighted by Gasteiger charge is -2.30. The molecule has 1 saturated heterocycles. The zero-order valence-electron chi connectivity index (χ0n) is 15.4. The standard InChI is InChI=1S/C22H23NO4/c1-15-8-10-23(11-9-15)20(24)14-27-21(25)12-17-13-26-19-7-6-16-4-2-3-5-18(16)22(17)19/h2-7,13,15H,8-12,14H2,1H3. The minimum absolute atomic E-state index is 0.0886. The van der Waals surface area contributed by atoms with Gasteiger partial charge in [0.15, 0.2) is 6.61 Å². The molecule has 0 saturated carbocycles. The van der Waals surface area contributed by atoms with Gasteiger partial charge in [-0.2, -0.15) is 0 Å². The summed E-state index contributed by atoms with van der Waals surface area (Å²) in [6, 6.07) is 11.9. The van der Waals surface area contributed by atoms with Crippen molar-refractivity contribution < 1.29 is 18.7 Å². The van der Waals surface area contributed by atoms with Crippen LogP contribution in [0.4, 0.5) is 0 Å². The van der Waals surface area contributed by atoms with Crippen LogP contribution in [0.2, 0.25) is 0 Å². The number of piperidine rings is 1. The number of fused-ring (bicyclic) bond motifs is 3. The average molecular weight is 365 g/mol. The molecule has 1 aliphatic heterocycles. The molecule has 3 aromatic rings. The van der Waals surface area contributed by atoms with Gasteiger partial charge in [0.25, 0.3) is 5.91 Å². The van der Waals surface area contributed by atoms with Gasteiger partial charge >= 0.3 is 5.97 Å². The summed E-state index contributed by atoms with van der Waals surface area (Å²) in [5.41, 5.74) is 1.53. The molecule has 0 N–H and O–H groups in total. The van der Waals surface area contributed by atoms with Crippen LogP contribution < -0.4 is 0 Å². The Morgan fingerprint density at radius 2 is 1.93 bits per heavy atom. The number of carbonyl (C=O) groups is 2. The monoisotopic (exact) mass is 365 g/mol. The Morgan fingerprint density at radius 3 is 2.74 bits per heavy atom. The van der Waals surface area contributed by atoms with Crippen molar-refractivity contribution in [2.24, 2.45) is 5.92 Å². The van der Waals surface area contributed by atoms with Crippen molar-refractivity contribution in [3.8, 4) is 0 Å². The van der Waals surface area contributed by atoms with Crippen molar-refractivity contribution in [1.29, 1.82) is 0 Å². The highest BCUT2D eigenvalue weighted by Gasteiger charge is 2.21. The number of likely N-dealkylation sites (tertiary alicyclic amines) is 1. The van der Waals surface area contributed by atoms with E-state index in [9.17, 15) is 9.59 Å². The van der Waals surface area contributed by atoms with Gasteiger partial charge < -0.3 is 14.1 Å². The zero-order valence-corrected chi connectivity index (χ0v) is 15.4. The van der Waals surface area contributed by atoms with Gasteiger partial charge in [0.1, 0.15) is 5.58 Å². The fourth-order valence-electron chi connectivity index (χ4n) is 3.70. The number of carbonyl (C=O) groups excluding carboxylic acids is 2. The van der Waals surface area contributed by atoms with Crippen LogP contribution in [-0.4, -0.2) is 36.5 Å². The molecule has 1 fully saturated rings. The van der Waals surface area contributed by atoms with Crippen molar-refractivity contribution in [2.75, 3.05) is 19.7 Å². The van der Waals surface area contributed by atoms with Crippen LogP contribution in [0.15, 0.2) is 47.1 Å². The third kappa shape index (κ3) is 3.68. The number of benzene rings is 2. The molecule has 2 aromatic carbocycles. The van der Waals surface area contributed by atoms with Crippen molar-refractivity contribution >= 4 is 33.6 Å². The lowest BCUT2D eigenvalue weighted by atomic mass is 9.99. The Bertz CT molecular complexity index is 982. The van der Waals surface area contributed by atoms with Gasteiger partial charge in [-0.05, 0) is 35.6 Å². The summed E-state index contributed by atoms with van der Waals surface area (Å²) in [4.78, 5) is 26.3. The quantitative estimate of drug-likeness (QED) is 0.657. The highest BCUT2D eigenvalue weighted by molar-refractivity contribution is 6.08. The van der Waals surface area contributed by atoms with E-state index in [1.54, 1.807) is 11.2 Å². The molecule has 0 unspecified atom stereocenters. The number of hydrogen-bond acceptors (Lipinski definition) is 4. The molecule has 0 radical (unpaired) electrons. The number of furan rings is 1. The minimum atomic E-state index is -0.413. The maximum absolute atomic E-state index is 12.3. The van der Waals surface area contributed by atoms with Gasteiger partial charge in [0.2, 0.25) is 0 Å². The van der Waals surface area contributed by atoms with Crippen LogP contribution in [0, 0.1) is 5.92 Å². The van der Waals surface area contributed by atoms with Gasteiger partial charge in [-0.3, -0.25) is 9.59 Å². The molecular weight excluding hydrogens is 342 g/mol. The number of hydrogen-bond donors (Lipinski definition) is 0. The summed E-state index contributed by atoms with van der Waals surface area (Å²) in [5.74, 6) is 0.128. The molecule has 140 valence electrons. The molecule has 2 heterocycles. The van der Waals surface area contributed by atoms with Crippen molar-refractivity contribution in [1.82, 2.24) is 4.90 Å². The second kappa shape index (κ2) is 7.43. The summed E-state index contributed by atoms with van der Waals surface area (Å²) >= 11 is 0. The minimum Gasteiger partial charge on any atom is -0.464 e. The van der Waals surface area contributed by atoms with E-state index in [1.807, 2.05) is 36.4 Å². The largest absolute Gasteiger partial charge is 0.464 e. The van der Waals surface area contributed by atoms with Gasteiger partial charge in [0, 0.05) is 24.0 Å². The molecule has 0 aliphatic carbocycles. The van der Waals surface area contributed by atoms with E-state index < -0.39 is 5.97 Å². The van der Waals surface area contributed by atoms with Crippen molar-refractivity contribution in [3.63, 3.8) is 0 Å². The predicted molar refractivity (Wildman–Crippen MR) is 103 cm³/mol. The molecule has 0 spiro atoms. The summed E-state index contributed by atoms with van der Waals surface area (Å²) in [7, 11) is 0. The first-order chi connectivity index (χ1) is 13.1. The molecule has 4 rings (SSSR count). The molecule has 1 amide bonds. The SMILES string of the molecule is CC1CCN(C(=O)COC(=O)Cc2coc3ccc4ccccc4c23)CC1. The van der Waals surface area contributed by atoms with Crippen LogP contribution >= 0.6 is 0 Å². The maximum Gasteiger partial charge on any atom is 0.310 e. The average Bonchev–Trinajstić information content (AvgIpc) is 3.10. The van der Waals surface area contributed by atoms with E-state index in [-0.39, 0.29) is 18.9 Å². The first-order valence-electron chi connectivity index (χ1n) is 9.43. The molecule has 1 aliphatic rings. The maximum atomic E-state index is 12.3. The van der Waals surface area contributed by atoms with E-state index in [0.717, 1.165) is 53.2 Å². The van der Waals surface area contributed by atoms with E-state index >= 15 is 0 Å². The summed E-state index contributed by atoms with van der Waals surface area (Å²) in [6.45, 7) is 3.50. The zero-order chi connectivity index (χ0) is 18.8. The fraction of sp³-hybridized carbons (Fsp3) is 0.364. The highest BCUT2D eigenvalue weighted by Crippen LogP contribution is 2.30. The van der Waals surface area contributed by atoms with Crippen LogP contribution in [0.25, 0.3) is 21.7 Å². The first-order valence-corrected chi connectivity index (χ1v) is 9.43. The van der Waals surface area contributed by atoms with Gasteiger partial charge in [-0.25, -0.2) is 0 Å². The molecule has 0 atom stereocenters. The number of ether oxygens (including phenoxy) is 1. The van der Waals surface area contributed by atoms with E-state index in [1.165, 1.54) is 0 Å². The molecule has 27 heavy (non-hydrogen) atoms. The first kappa shape index (κ1) is 17.6. The smallest absolute Gasteiger partial charge is 0.310 e. The van der Waals surface area contributed by atoms with Crippen molar-refractivity contribution in [3.05, 3.63) is 48.2 Å². The van der Waals surface area contributed by atoms with Crippen LogP contribution in [-0.2, 0) is 20.7 Å². The third-order valence-electron chi connectivity index (χ3n) is 5.37. The summed E-state index contributed by atoms with van der Waals surface area (Å²) in [5, 5.41) is 3.07. The summed E-state index contributed by atoms with van der Waals surface area (Å²) in [6.07, 6.45) is 3.71. The van der Waals surface area contributed by atoms with E-state index in [4.69, 9.17) is 9.15 Å². The van der Waals surface area contributed by atoms with Gasteiger partial charge in [0.05, 0.1) is 12.7 Å². The number of esters is 1. The Labute approximate surface area is 157 Å². The Hall–Kier alpha value is -2.82. The number of nitrogens with zero attached hydrogens (tertiary/aromatic N) is 1. The number of rotatable bonds is 4. The molecule has 1 aromatic heterocycles. The van der Waals surface area contributed by atoms with Gasteiger partial charge in [-0.1, -0.05) is 37.3 Å². The lowest BCUT2D eigenvalue weighted by Crippen LogP contribution is -2.40. The second-order valence-electron chi connectivity index (χ2n) is 7.32. The van der Waals surface area contributed by atoms with E-state index in [0.29, 0.717) is 5.92 Å². The lowest BCUT2D eigenvalue weighted by molar-refractivity contribution is -0.152. The van der Waals surface area contributed by atoms with Crippen LogP contribution in [0.5, 0.6) is 0 Å². The third-order valence-corrected chi connectivity index (χ3v) is 5.37. The fourth-order valence-corrected chi connectivity index (χ4v) is 3.70. The Balaban J connectivity index is 1.43. The molecule has 0 bridgehead atoms. The topological polar surface area (TPSA) is 59.8 Å². The molecular formula is C22H23NO4. The van der Waals surface area contributed by atoms with Crippen molar-refractivity contribution in [2.45, 2.75) is 26.2 Å². The number of amides is 1. The van der Waals surface area contributed by atoms with Crippen LogP contribution in [0.1, 0.15) is 25.3 Å². The Kier molecular flexibility index (Phi) is 4.84. The normalized spacial score (nSPS) is 15.4. The van der Waals surface area contributed by atoms with Gasteiger partial charge in [-0.15, -0.1) is 0 Å². The summed E-state index contributed by atoms with van der Waals surface area (Å²) < 4.78 is 10.9. The van der Waals surface area contributed by atoms with E-state index in [2.05, 4.69) is 6.92 Å². The predicted octanol–water partition coefficient (Wildman–Crippen LogP) is 3.93. The van der Waals surface area contributed by atoms with Crippen LogP contribution in [0.3, 0.4) is 0 Å². The second-order valence-corrected chi connectivity index (χ2v) is 7.32. The molecule has 5 heteroatoms.